The molecule has 0 fully saturated rings. The van der Waals surface area contributed by atoms with Crippen molar-refractivity contribution in [2.45, 2.75) is 12.8 Å². The maximum Gasteiger partial charge on any atom is 0.130 e. The molecule has 2 heteroatoms. The summed E-state index contributed by atoms with van der Waals surface area (Å²) in [6.07, 6.45) is 8.30. The maximum atomic E-state index is 5.25. The predicted molar refractivity (Wildman–Crippen MR) is 43.8 cm³/mol. The number of halogens is 1. The van der Waals surface area contributed by atoms with E-state index in [0.29, 0.717) is 0 Å². The largest absolute Gasteiger partial charge is 0.463 e. The molecular formula is C8H7BrO. The van der Waals surface area contributed by atoms with Gasteiger partial charge in [-0.3, -0.25) is 0 Å². The van der Waals surface area contributed by atoms with Gasteiger partial charge in [-0.25, -0.2) is 0 Å². The Morgan fingerprint density at radius 1 is 1.30 bits per heavy atom. The first-order valence-electron chi connectivity index (χ1n) is 3.31. The van der Waals surface area contributed by atoms with E-state index in [1.54, 1.807) is 6.26 Å². The minimum absolute atomic E-state index is 1.01. The first-order valence-corrected chi connectivity index (χ1v) is 4.10. The Hall–Kier alpha value is -0.500. The summed E-state index contributed by atoms with van der Waals surface area (Å²) in [5.74, 6) is 0. The van der Waals surface area contributed by atoms with Gasteiger partial charge in [-0.15, -0.1) is 0 Å². The lowest BCUT2D eigenvalue weighted by Crippen LogP contribution is -2.22. The van der Waals surface area contributed by atoms with Gasteiger partial charge in [-0.05, 0) is 34.8 Å². The molecule has 52 valence electrons. The lowest BCUT2D eigenvalue weighted by Gasteiger charge is -1.91. The molecule has 1 aromatic heterocycles. The Morgan fingerprint density at radius 2 is 2.10 bits per heavy atom. The Bertz CT molecular complexity index is 348. The lowest BCUT2D eigenvalue weighted by atomic mass is 10.2. The van der Waals surface area contributed by atoms with Gasteiger partial charge in [0.2, 0.25) is 0 Å². The molecule has 0 saturated heterocycles. The summed E-state index contributed by atoms with van der Waals surface area (Å²) < 4.78 is 6.32. The monoisotopic (exact) mass is 198 g/mol. The molecule has 1 aromatic rings. The van der Waals surface area contributed by atoms with Crippen molar-refractivity contribution in [1.29, 1.82) is 0 Å². The van der Waals surface area contributed by atoms with Crippen LogP contribution < -0.4 is 10.6 Å². The van der Waals surface area contributed by atoms with Crippen LogP contribution in [-0.4, -0.2) is 0 Å². The average Bonchev–Trinajstić information content (AvgIpc) is 2.34. The molecule has 10 heavy (non-hydrogen) atoms. The van der Waals surface area contributed by atoms with Crippen LogP contribution in [0.3, 0.4) is 0 Å². The third-order valence-corrected chi connectivity index (χ3v) is 2.27. The van der Waals surface area contributed by atoms with Crippen molar-refractivity contribution < 1.29 is 4.42 Å². The topological polar surface area (TPSA) is 13.1 Å². The molecule has 1 aliphatic carbocycles. The van der Waals surface area contributed by atoms with Gasteiger partial charge in [0.25, 0.3) is 0 Å². The van der Waals surface area contributed by atoms with Crippen molar-refractivity contribution in [2.24, 2.45) is 0 Å². The van der Waals surface area contributed by atoms with E-state index < -0.39 is 0 Å². The second-order valence-electron chi connectivity index (χ2n) is 2.35. The van der Waals surface area contributed by atoms with E-state index in [1.165, 1.54) is 5.22 Å². The van der Waals surface area contributed by atoms with E-state index in [1.807, 2.05) is 0 Å². The second kappa shape index (κ2) is 2.27. The molecule has 0 bridgehead atoms. The number of fused-ring (bicyclic) bond motifs is 1. The van der Waals surface area contributed by atoms with E-state index in [2.05, 4.69) is 28.1 Å². The molecule has 0 atom stereocenters. The molecular weight excluding hydrogens is 192 g/mol. The highest BCUT2D eigenvalue weighted by Crippen LogP contribution is 2.03. The highest BCUT2D eigenvalue weighted by molar-refractivity contribution is 9.10. The summed E-state index contributed by atoms with van der Waals surface area (Å²) in [5.41, 5.74) is 1.01. The fourth-order valence-corrected chi connectivity index (χ4v) is 1.61. The number of furan rings is 1. The summed E-state index contributed by atoms with van der Waals surface area (Å²) in [6.45, 7) is 0. The summed E-state index contributed by atoms with van der Waals surface area (Å²) in [4.78, 5) is 0. The smallest absolute Gasteiger partial charge is 0.130 e. The third kappa shape index (κ3) is 0.833. The fourth-order valence-electron chi connectivity index (χ4n) is 1.16. The van der Waals surface area contributed by atoms with Crippen molar-refractivity contribution in [1.82, 2.24) is 0 Å². The SMILES string of the molecule is Brc1coc2c1=CCCC=2. The van der Waals surface area contributed by atoms with Crippen molar-refractivity contribution in [3.05, 3.63) is 21.4 Å². The van der Waals surface area contributed by atoms with Crippen LogP contribution in [-0.2, 0) is 0 Å². The zero-order valence-electron chi connectivity index (χ0n) is 5.43. The Morgan fingerprint density at radius 3 is 2.90 bits per heavy atom. The van der Waals surface area contributed by atoms with Crippen molar-refractivity contribution in [2.75, 3.05) is 0 Å². The molecule has 0 aliphatic heterocycles. The maximum absolute atomic E-state index is 5.25. The highest BCUT2D eigenvalue weighted by Gasteiger charge is 1.99. The van der Waals surface area contributed by atoms with Gasteiger partial charge in [0.15, 0.2) is 0 Å². The van der Waals surface area contributed by atoms with Crippen LogP contribution in [0.2, 0.25) is 0 Å². The van der Waals surface area contributed by atoms with Crippen molar-refractivity contribution >= 4 is 28.1 Å². The summed E-state index contributed by atoms with van der Waals surface area (Å²) >= 11 is 3.41. The predicted octanol–water partition coefficient (Wildman–Crippen LogP) is 1.40. The first kappa shape index (κ1) is 6.23. The molecule has 0 aromatic carbocycles. The van der Waals surface area contributed by atoms with Gasteiger partial charge in [-0.1, -0.05) is 6.08 Å². The van der Waals surface area contributed by atoms with E-state index >= 15 is 0 Å². The Kier molecular flexibility index (Phi) is 1.42. The number of hydrogen-bond acceptors (Lipinski definition) is 1. The molecule has 0 saturated carbocycles. The summed E-state index contributed by atoms with van der Waals surface area (Å²) in [7, 11) is 0. The number of hydrogen-bond donors (Lipinski definition) is 0. The molecule has 0 spiro atoms. The number of rotatable bonds is 0. The third-order valence-electron chi connectivity index (χ3n) is 1.66. The summed E-state index contributed by atoms with van der Waals surface area (Å²) in [5, 5.41) is 1.21. The zero-order chi connectivity index (χ0) is 6.97. The molecule has 1 aliphatic rings. The quantitative estimate of drug-likeness (QED) is 0.615. The Balaban J connectivity index is 2.89. The molecule has 0 radical (unpaired) electrons. The van der Waals surface area contributed by atoms with Crippen LogP contribution in [0.15, 0.2) is 15.2 Å². The minimum atomic E-state index is 1.01. The van der Waals surface area contributed by atoms with E-state index in [0.717, 1.165) is 22.7 Å². The van der Waals surface area contributed by atoms with Gasteiger partial charge >= 0.3 is 0 Å². The van der Waals surface area contributed by atoms with E-state index in [-0.39, 0.29) is 0 Å². The van der Waals surface area contributed by atoms with E-state index in [4.69, 9.17) is 4.42 Å². The molecule has 0 unspecified atom stereocenters. The van der Waals surface area contributed by atoms with Crippen LogP contribution in [0.25, 0.3) is 12.2 Å². The average molecular weight is 199 g/mol. The van der Waals surface area contributed by atoms with Crippen LogP contribution in [0.4, 0.5) is 0 Å². The zero-order valence-corrected chi connectivity index (χ0v) is 7.02. The van der Waals surface area contributed by atoms with Crippen molar-refractivity contribution in [3.8, 4) is 0 Å². The van der Waals surface area contributed by atoms with Gasteiger partial charge in [0, 0.05) is 5.22 Å². The minimum Gasteiger partial charge on any atom is -0.463 e. The normalized spacial score (nSPS) is 15.3. The molecule has 1 nitrogen and oxygen atoms in total. The van der Waals surface area contributed by atoms with Crippen LogP contribution in [0, 0.1) is 0 Å². The highest BCUT2D eigenvalue weighted by atomic mass is 79.9. The molecule has 0 N–H and O–H groups in total. The summed E-state index contributed by atoms with van der Waals surface area (Å²) in [6, 6.07) is 0. The van der Waals surface area contributed by atoms with Crippen LogP contribution in [0.5, 0.6) is 0 Å². The standard InChI is InChI=1S/C8H7BrO/c9-7-5-10-8-4-2-1-3-6(7)8/h3-5H,1-2H2. The van der Waals surface area contributed by atoms with Gasteiger partial charge in [0.05, 0.1) is 4.47 Å². The van der Waals surface area contributed by atoms with Crippen LogP contribution >= 0.6 is 15.9 Å². The Labute approximate surface area is 67.2 Å². The van der Waals surface area contributed by atoms with Gasteiger partial charge in [-0.2, -0.15) is 0 Å². The molecule has 2 rings (SSSR count). The lowest BCUT2D eigenvalue weighted by molar-refractivity contribution is 0.527. The molecule has 0 amide bonds. The van der Waals surface area contributed by atoms with Gasteiger partial charge < -0.3 is 4.42 Å². The van der Waals surface area contributed by atoms with E-state index in [9.17, 15) is 0 Å². The first-order chi connectivity index (χ1) is 4.88. The fraction of sp³-hybridized carbons (Fsp3) is 0.250. The van der Waals surface area contributed by atoms with Crippen LogP contribution in [0.1, 0.15) is 12.8 Å². The molecule has 1 heterocycles. The van der Waals surface area contributed by atoms with Gasteiger partial charge in [0.1, 0.15) is 11.7 Å². The second-order valence-corrected chi connectivity index (χ2v) is 3.20. The van der Waals surface area contributed by atoms with Crippen molar-refractivity contribution in [3.63, 3.8) is 0 Å².